The number of hydrogen-bond acceptors (Lipinski definition) is 6. The summed E-state index contributed by atoms with van der Waals surface area (Å²) < 4.78 is 11.7. The summed E-state index contributed by atoms with van der Waals surface area (Å²) in [7, 11) is 1.26. The highest BCUT2D eigenvalue weighted by molar-refractivity contribution is 5.92. The van der Waals surface area contributed by atoms with Gasteiger partial charge in [0.25, 0.3) is 5.91 Å². The topological polar surface area (TPSA) is 99.5 Å². The summed E-state index contributed by atoms with van der Waals surface area (Å²) in [6.07, 6.45) is 2.40. The fourth-order valence-electron chi connectivity index (χ4n) is 3.15. The van der Waals surface area contributed by atoms with Crippen molar-refractivity contribution in [3.05, 3.63) is 60.4 Å². The number of nitrogens with zero attached hydrogens (tertiary/aromatic N) is 2. The van der Waals surface area contributed by atoms with E-state index >= 15 is 0 Å². The minimum absolute atomic E-state index is 0.112. The smallest absolute Gasteiger partial charge is 0.338 e. The third-order valence-electron chi connectivity index (χ3n) is 5.15. The lowest BCUT2D eigenvalue weighted by Gasteiger charge is -2.21. The van der Waals surface area contributed by atoms with Crippen molar-refractivity contribution < 1.29 is 23.9 Å². The van der Waals surface area contributed by atoms with E-state index in [9.17, 15) is 14.4 Å². The monoisotopic (exact) mass is 423 g/mol. The SMILES string of the molecule is CC[C@H](C)[C@H](NC(=O)COC(=O)c1ccc(-n2cnc3ccccc32)cc1)C(=O)OC. The van der Waals surface area contributed by atoms with Crippen LogP contribution in [-0.2, 0) is 19.1 Å². The van der Waals surface area contributed by atoms with Crippen LogP contribution in [0.5, 0.6) is 0 Å². The van der Waals surface area contributed by atoms with Crippen molar-refractivity contribution >= 4 is 28.9 Å². The van der Waals surface area contributed by atoms with Crippen molar-refractivity contribution in [2.24, 2.45) is 5.92 Å². The van der Waals surface area contributed by atoms with E-state index in [0.717, 1.165) is 16.7 Å². The Hall–Kier alpha value is -3.68. The van der Waals surface area contributed by atoms with Gasteiger partial charge >= 0.3 is 11.9 Å². The van der Waals surface area contributed by atoms with Gasteiger partial charge < -0.3 is 14.8 Å². The average molecular weight is 423 g/mol. The molecule has 8 nitrogen and oxygen atoms in total. The maximum Gasteiger partial charge on any atom is 0.338 e. The molecule has 31 heavy (non-hydrogen) atoms. The zero-order valence-corrected chi connectivity index (χ0v) is 17.7. The zero-order valence-electron chi connectivity index (χ0n) is 17.7. The van der Waals surface area contributed by atoms with Gasteiger partial charge in [0.05, 0.1) is 23.7 Å². The van der Waals surface area contributed by atoms with Crippen molar-refractivity contribution in [1.82, 2.24) is 14.9 Å². The molecule has 1 N–H and O–H groups in total. The third-order valence-corrected chi connectivity index (χ3v) is 5.15. The summed E-state index contributed by atoms with van der Waals surface area (Å²) in [5.74, 6) is -1.84. The largest absolute Gasteiger partial charge is 0.467 e. The molecule has 0 spiro atoms. The van der Waals surface area contributed by atoms with Crippen molar-refractivity contribution in [1.29, 1.82) is 0 Å². The quantitative estimate of drug-likeness (QED) is 0.560. The van der Waals surface area contributed by atoms with Gasteiger partial charge in [-0.05, 0) is 42.3 Å². The molecule has 0 radical (unpaired) electrons. The van der Waals surface area contributed by atoms with E-state index < -0.39 is 30.5 Å². The number of fused-ring (bicyclic) bond motifs is 1. The first-order valence-electron chi connectivity index (χ1n) is 10.0. The molecule has 2 aromatic carbocycles. The van der Waals surface area contributed by atoms with Gasteiger partial charge in [0.1, 0.15) is 12.4 Å². The molecule has 0 aliphatic carbocycles. The number of imidazole rings is 1. The molecule has 0 saturated heterocycles. The predicted octanol–water partition coefficient (Wildman–Crippen LogP) is 2.89. The highest BCUT2D eigenvalue weighted by atomic mass is 16.5. The molecule has 0 aliphatic heterocycles. The van der Waals surface area contributed by atoms with E-state index in [-0.39, 0.29) is 5.92 Å². The molecule has 0 fully saturated rings. The van der Waals surface area contributed by atoms with Gasteiger partial charge in [-0.1, -0.05) is 32.4 Å². The molecule has 8 heteroatoms. The minimum Gasteiger partial charge on any atom is -0.467 e. The summed E-state index contributed by atoms with van der Waals surface area (Å²) >= 11 is 0. The Morgan fingerprint density at radius 3 is 2.48 bits per heavy atom. The van der Waals surface area contributed by atoms with E-state index in [1.54, 1.807) is 30.6 Å². The number of nitrogens with one attached hydrogen (secondary N) is 1. The Morgan fingerprint density at radius 2 is 1.81 bits per heavy atom. The van der Waals surface area contributed by atoms with Crippen molar-refractivity contribution in [3.63, 3.8) is 0 Å². The number of benzene rings is 2. The van der Waals surface area contributed by atoms with Crippen LogP contribution in [0.15, 0.2) is 54.9 Å². The molecule has 1 aromatic heterocycles. The zero-order chi connectivity index (χ0) is 22.4. The molecular formula is C23H25N3O5. The van der Waals surface area contributed by atoms with Gasteiger partial charge in [0.2, 0.25) is 0 Å². The standard InChI is InChI=1S/C23H25N3O5/c1-4-15(2)21(23(29)30-3)25-20(27)13-31-22(28)16-9-11-17(12-10-16)26-14-24-18-7-5-6-8-19(18)26/h5-12,14-15,21H,4,13H2,1-3H3,(H,25,27)/t15-,21-/m0/s1. The van der Waals surface area contributed by atoms with Crippen LogP contribution >= 0.6 is 0 Å². The van der Waals surface area contributed by atoms with Gasteiger partial charge in [-0.2, -0.15) is 0 Å². The fourth-order valence-corrected chi connectivity index (χ4v) is 3.15. The molecule has 162 valence electrons. The summed E-state index contributed by atoms with van der Waals surface area (Å²) in [6, 6.07) is 13.8. The molecule has 1 amide bonds. The third kappa shape index (κ3) is 5.09. The second kappa shape index (κ2) is 9.88. The second-order valence-electron chi connectivity index (χ2n) is 7.18. The van der Waals surface area contributed by atoms with Gasteiger partial charge in [0.15, 0.2) is 6.61 Å². The van der Waals surface area contributed by atoms with E-state index in [1.165, 1.54) is 7.11 Å². The van der Waals surface area contributed by atoms with Crippen molar-refractivity contribution in [2.45, 2.75) is 26.3 Å². The molecule has 0 aliphatic rings. The molecule has 1 heterocycles. The maximum absolute atomic E-state index is 12.3. The second-order valence-corrected chi connectivity index (χ2v) is 7.18. The molecule has 3 rings (SSSR count). The lowest BCUT2D eigenvalue weighted by atomic mass is 9.99. The van der Waals surface area contributed by atoms with Gasteiger partial charge in [-0.25, -0.2) is 14.6 Å². The van der Waals surface area contributed by atoms with Crippen LogP contribution in [0.25, 0.3) is 16.7 Å². The number of rotatable bonds is 8. The summed E-state index contributed by atoms with van der Waals surface area (Å²) in [4.78, 5) is 40.7. The van der Waals surface area contributed by atoms with Crippen molar-refractivity contribution in [2.75, 3.05) is 13.7 Å². The molecule has 0 saturated carbocycles. The predicted molar refractivity (Wildman–Crippen MR) is 115 cm³/mol. The Bertz CT molecular complexity index is 1070. The van der Waals surface area contributed by atoms with Crippen LogP contribution in [0.1, 0.15) is 30.6 Å². The van der Waals surface area contributed by atoms with Crippen LogP contribution in [0.2, 0.25) is 0 Å². The van der Waals surface area contributed by atoms with Crippen LogP contribution in [0, 0.1) is 5.92 Å². The van der Waals surface area contributed by atoms with E-state index in [0.29, 0.717) is 12.0 Å². The Kier molecular flexibility index (Phi) is 7.02. The number of ether oxygens (including phenoxy) is 2. The first-order valence-corrected chi connectivity index (χ1v) is 10.0. The molecule has 3 aromatic rings. The number of esters is 2. The highest BCUT2D eigenvalue weighted by Crippen LogP contribution is 2.18. The first kappa shape index (κ1) is 22.0. The Balaban J connectivity index is 1.60. The number of hydrogen-bond donors (Lipinski definition) is 1. The number of carbonyl (C=O) groups excluding carboxylic acids is 3. The first-order chi connectivity index (χ1) is 14.9. The molecule has 2 atom stereocenters. The Morgan fingerprint density at radius 1 is 1.10 bits per heavy atom. The highest BCUT2D eigenvalue weighted by Gasteiger charge is 2.27. The molecule has 0 bridgehead atoms. The number of methoxy groups -OCH3 is 1. The summed E-state index contributed by atoms with van der Waals surface area (Å²) in [5.41, 5.74) is 2.99. The van der Waals surface area contributed by atoms with Gasteiger partial charge in [-0.15, -0.1) is 0 Å². The van der Waals surface area contributed by atoms with Crippen LogP contribution < -0.4 is 5.32 Å². The van der Waals surface area contributed by atoms with Gasteiger partial charge in [0, 0.05) is 5.69 Å². The summed E-state index contributed by atoms with van der Waals surface area (Å²) in [6.45, 7) is 3.25. The lowest BCUT2D eigenvalue weighted by Crippen LogP contribution is -2.47. The molecule has 0 unspecified atom stereocenters. The summed E-state index contributed by atoms with van der Waals surface area (Å²) in [5, 5.41) is 2.57. The minimum atomic E-state index is -0.787. The van der Waals surface area contributed by atoms with E-state index in [1.807, 2.05) is 42.7 Å². The molecular weight excluding hydrogens is 398 g/mol. The number of amides is 1. The number of para-hydroxylation sites is 2. The van der Waals surface area contributed by atoms with E-state index in [4.69, 9.17) is 9.47 Å². The normalized spacial score (nSPS) is 12.7. The van der Waals surface area contributed by atoms with Gasteiger partial charge in [-0.3, -0.25) is 9.36 Å². The van der Waals surface area contributed by atoms with Crippen LogP contribution in [0.3, 0.4) is 0 Å². The van der Waals surface area contributed by atoms with Crippen LogP contribution in [-0.4, -0.2) is 47.2 Å². The number of carbonyl (C=O) groups is 3. The maximum atomic E-state index is 12.3. The van der Waals surface area contributed by atoms with E-state index in [2.05, 4.69) is 10.3 Å². The number of aromatic nitrogens is 2. The van der Waals surface area contributed by atoms with Crippen LogP contribution in [0.4, 0.5) is 0 Å². The Labute approximate surface area is 180 Å². The fraction of sp³-hybridized carbons (Fsp3) is 0.304. The average Bonchev–Trinajstić information content (AvgIpc) is 3.24. The lowest BCUT2D eigenvalue weighted by molar-refractivity contribution is -0.147. The van der Waals surface area contributed by atoms with Crippen molar-refractivity contribution in [3.8, 4) is 5.69 Å².